The highest BCUT2D eigenvalue weighted by Crippen LogP contribution is 2.24. The highest BCUT2D eigenvalue weighted by Gasteiger charge is 2.10. The number of aromatic nitrogens is 4. The van der Waals surface area contributed by atoms with Crippen LogP contribution in [0, 0.1) is 0 Å². The second kappa shape index (κ2) is 5.44. The number of nitrogens with one attached hydrogen (secondary N) is 1. The molecule has 0 spiro atoms. The van der Waals surface area contributed by atoms with Crippen molar-refractivity contribution in [3.63, 3.8) is 0 Å². The van der Waals surface area contributed by atoms with Crippen LogP contribution in [0.4, 0.5) is 0 Å². The van der Waals surface area contributed by atoms with Gasteiger partial charge in [-0.15, -0.1) is 5.10 Å². The van der Waals surface area contributed by atoms with E-state index in [1.54, 1.807) is 22.9 Å². The fourth-order valence-electron chi connectivity index (χ4n) is 1.39. The van der Waals surface area contributed by atoms with Crippen molar-refractivity contribution in [3.05, 3.63) is 34.1 Å². The van der Waals surface area contributed by atoms with Gasteiger partial charge in [-0.05, 0) is 35.2 Å². The van der Waals surface area contributed by atoms with Gasteiger partial charge in [0.1, 0.15) is 0 Å². The molecule has 0 bridgehead atoms. The first-order chi connectivity index (χ1) is 8.22. The Bertz CT molecular complexity index is 511. The number of rotatable bonds is 4. The predicted octanol–water partition coefficient (Wildman–Crippen LogP) is 2.08. The van der Waals surface area contributed by atoms with Crippen molar-refractivity contribution in [3.8, 4) is 5.69 Å². The summed E-state index contributed by atoms with van der Waals surface area (Å²) < 4.78 is 1.60. The maximum atomic E-state index is 6.11. The van der Waals surface area contributed by atoms with Gasteiger partial charge >= 0.3 is 0 Å². The lowest BCUT2D eigenvalue weighted by Gasteiger charge is -2.06. The Labute approximate surface area is 109 Å². The zero-order chi connectivity index (χ0) is 12.3. The summed E-state index contributed by atoms with van der Waals surface area (Å²) >= 11 is 11.9. The average molecular weight is 272 g/mol. The van der Waals surface area contributed by atoms with Crippen LogP contribution in [0.15, 0.2) is 18.2 Å². The maximum Gasteiger partial charge on any atom is 0.170 e. The van der Waals surface area contributed by atoms with E-state index >= 15 is 0 Å². The molecule has 0 radical (unpaired) electrons. The van der Waals surface area contributed by atoms with E-state index < -0.39 is 0 Å². The smallest absolute Gasteiger partial charge is 0.170 e. The van der Waals surface area contributed by atoms with Gasteiger partial charge in [-0.3, -0.25) is 0 Å². The van der Waals surface area contributed by atoms with Gasteiger partial charge in [0.15, 0.2) is 5.82 Å². The minimum Gasteiger partial charge on any atom is -0.310 e. The molecule has 7 heteroatoms. The van der Waals surface area contributed by atoms with Crippen molar-refractivity contribution in [1.82, 2.24) is 25.5 Å². The number of tetrazole rings is 1. The van der Waals surface area contributed by atoms with E-state index in [1.807, 2.05) is 6.92 Å². The van der Waals surface area contributed by atoms with Crippen LogP contribution in [-0.4, -0.2) is 26.8 Å². The first kappa shape index (κ1) is 12.3. The van der Waals surface area contributed by atoms with Crippen molar-refractivity contribution >= 4 is 23.2 Å². The Morgan fingerprint density at radius 3 is 2.88 bits per heavy atom. The average Bonchev–Trinajstić information content (AvgIpc) is 2.74. The number of nitrogens with zero attached hydrogens (tertiary/aromatic N) is 4. The molecule has 1 aromatic carbocycles. The molecule has 0 atom stereocenters. The molecule has 0 aliphatic carbocycles. The zero-order valence-electron chi connectivity index (χ0n) is 9.19. The van der Waals surface area contributed by atoms with E-state index in [2.05, 4.69) is 20.8 Å². The highest BCUT2D eigenvalue weighted by molar-refractivity contribution is 6.35. The standard InChI is InChI=1S/C10H11Cl2N5/c1-2-13-6-10-14-15-16-17(10)9-4-3-7(11)5-8(9)12/h3-5,13H,2,6H2,1H3. The summed E-state index contributed by atoms with van der Waals surface area (Å²) in [7, 11) is 0. The number of hydrogen-bond acceptors (Lipinski definition) is 4. The van der Waals surface area contributed by atoms with Gasteiger partial charge in [-0.1, -0.05) is 30.1 Å². The maximum absolute atomic E-state index is 6.11. The van der Waals surface area contributed by atoms with Gasteiger partial charge < -0.3 is 5.32 Å². The molecule has 1 aromatic heterocycles. The molecule has 90 valence electrons. The molecule has 1 heterocycles. The second-order valence-electron chi connectivity index (χ2n) is 3.38. The quantitative estimate of drug-likeness (QED) is 0.925. The lowest BCUT2D eigenvalue weighted by atomic mass is 10.3. The summed E-state index contributed by atoms with van der Waals surface area (Å²) in [5.74, 6) is 0.705. The van der Waals surface area contributed by atoms with Crippen LogP contribution in [0.3, 0.4) is 0 Å². The molecule has 5 nitrogen and oxygen atoms in total. The molecule has 0 unspecified atom stereocenters. The lowest BCUT2D eigenvalue weighted by molar-refractivity contribution is 0.664. The number of hydrogen-bond donors (Lipinski definition) is 1. The zero-order valence-corrected chi connectivity index (χ0v) is 10.7. The summed E-state index contributed by atoms with van der Waals surface area (Å²) in [6.07, 6.45) is 0. The van der Waals surface area contributed by atoms with Crippen molar-refractivity contribution < 1.29 is 0 Å². The minimum absolute atomic E-state index is 0.516. The van der Waals surface area contributed by atoms with Crippen molar-refractivity contribution in [1.29, 1.82) is 0 Å². The van der Waals surface area contributed by atoms with E-state index in [9.17, 15) is 0 Å². The van der Waals surface area contributed by atoms with Gasteiger partial charge in [0.25, 0.3) is 0 Å². The van der Waals surface area contributed by atoms with Crippen LogP contribution >= 0.6 is 23.2 Å². The van der Waals surface area contributed by atoms with E-state index in [0.29, 0.717) is 28.1 Å². The third-order valence-electron chi connectivity index (χ3n) is 2.21. The third kappa shape index (κ3) is 2.74. The van der Waals surface area contributed by atoms with Crippen LogP contribution in [0.25, 0.3) is 5.69 Å². The fraction of sp³-hybridized carbons (Fsp3) is 0.300. The molecule has 0 saturated carbocycles. The third-order valence-corrected chi connectivity index (χ3v) is 2.74. The molecular weight excluding hydrogens is 261 g/mol. The van der Waals surface area contributed by atoms with Crippen molar-refractivity contribution in [2.75, 3.05) is 6.54 Å². The molecule has 2 aromatic rings. The number of benzene rings is 1. The topological polar surface area (TPSA) is 55.6 Å². The van der Waals surface area contributed by atoms with E-state index in [-0.39, 0.29) is 0 Å². The molecule has 0 amide bonds. The Morgan fingerprint density at radius 2 is 2.18 bits per heavy atom. The second-order valence-corrected chi connectivity index (χ2v) is 4.23. The van der Waals surface area contributed by atoms with Gasteiger partial charge in [-0.25, -0.2) is 0 Å². The first-order valence-corrected chi connectivity index (χ1v) is 5.91. The summed E-state index contributed by atoms with van der Waals surface area (Å²) in [4.78, 5) is 0. The lowest BCUT2D eigenvalue weighted by Crippen LogP contribution is -2.16. The van der Waals surface area contributed by atoms with Crippen molar-refractivity contribution in [2.24, 2.45) is 0 Å². The SMILES string of the molecule is CCNCc1nnnn1-c1ccc(Cl)cc1Cl. The van der Waals surface area contributed by atoms with Crippen LogP contribution in [-0.2, 0) is 6.54 Å². The van der Waals surface area contributed by atoms with E-state index in [1.165, 1.54) is 0 Å². The van der Waals surface area contributed by atoms with Gasteiger partial charge in [0, 0.05) is 5.02 Å². The van der Waals surface area contributed by atoms with E-state index in [4.69, 9.17) is 23.2 Å². The van der Waals surface area contributed by atoms with Crippen LogP contribution in [0.2, 0.25) is 10.0 Å². The Morgan fingerprint density at radius 1 is 1.35 bits per heavy atom. The highest BCUT2D eigenvalue weighted by atomic mass is 35.5. The van der Waals surface area contributed by atoms with E-state index in [0.717, 1.165) is 6.54 Å². The Kier molecular flexibility index (Phi) is 3.93. The van der Waals surface area contributed by atoms with Crippen LogP contribution in [0.1, 0.15) is 12.7 Å². The molecule has 1 N–H and O–H groups in total. The molecule has 2 rings (SSSR count). The normalized spacial score (nSPS) is 10.8. The summed E-state index contributed by atoms with van der Waals surface area (Å²) in [5.41, 5.74) is 0.717. The van der Waals surface area contributed by atoms with Gasteiger partial charge in [0.2, 0.25) is 0 Å². The molecule has 17 heavy (non-hydrogen) atoms. The molecule has 0 aliphatic heterocycles. The predicted molar refractivity (Wildman–Crippen MR) is 66.6 cm³/mol. The van der Waals surface area contributed by atoms with Gasteiger partial charge in [-0.2, -0.15) is 4.68 Å². The van der Waals surface area contributed by atoms with Gasteiger partial charge in [0.05, 0.1) is 17.3 Å². The Balaban J connectivity index is 2.35. The summed E-state index contributed by atoms with van der Waals surface area (Å²) in [6, 6.07) is 5.20. The largest absolute Gasteiger partial charge is 0.310 e. The molecular formula is C10H11Cl2N5. The molecule has 0 saturated heterocycles. The molecule has 0 aliphatic rings. The monoisotopic (exact) mass is 271 g/mol. The summed E-state index contributed by atoms with van der Waals surface area (Å²) in [6.45, 7) is 3.45. The molecule has 0 fully saturated rings. The van der Waals surface area contributed by atoms with Crippen LogP contribution in [0.5, 0.6) is 0 Å². The minimum atomic E-state index is 0.516. The van der Waals surface area contributed by atoms with Crippen LogP contribution < -0.4 is 5.32 Å². The number of halogens is 2. The first-order valence-electron chi connectivity index (χ1n) is 5.15. The summed E-state index contributed by atoms with van der Waals surface area (Å²) in [5, 5.41) is 15.8. The fourth-order valence-corrected chi connectivity index (χ4v) is 1.88. The Hall–Kier alpha value is -1.17. The van der Waals surface area contributed by atoms with Crippen molar-refractivity contribution in [2.45, 2.75) is 13.5 Å².